The van der Waals surface area contributed by atoms with E-state index in [1.165, 1.54) is 0 Å². The van der Waals surface area contributed by atoms with Crippen molar-refractivity contribution >= 4 is 12.1 Å². The number of ether oxygens (including phenoxy) is 1. The molecule has 0 spiro atoms. The Balaban J connectivity index is 3.45. The quantitative estimate of drug-likeness (QED) is 0.259. The highest BCUT2D eigenvalue weighted by molar-refractivity contribution is 5.81. The van der Waals surface area contributed by atoms with Gasteiger partial charge in [-0.1, -0.05) is 6.58 Å². The van der Waals surface area contributed by atoms with Crippen molar-refractivity contribution in [3.05, 3.63) is 12.7 Å². The first kappa shape index (κ1) is 9.48. The first-order chi connectivity index (χ1) is 5.20. The van der Waals surface area contributed by atoms with Crippen LogP contribution in [0.5, 0.6) is 0 Å². The van der Waals surface area contributed by atoms with Crippen LogP contribution in [0.1, 0.15) is 6.92 Å². The van der Waals surface area contributed by atoms with Gasteiger partial charge in [0.25, 0.3) is 0 Å². The van der Waals surface area contributed by atoms with Gasteiger partial charge in [0.05, 0.1) is 6.61 Å². The molecule has 0 saturated carbocycles. The van der Waals surface area contributed by atoms with Crippen LogP contribution >= 0.6 is 0 Å². The maximum Gasteiger partial charge on any atom is 0.549 e. The first-order valence-electron chi connectivity index (χ1n) is 2.88. The molecule has 0 fully saturated rings. The number of hydrogen-bond donors (Lipinski definition) is 0. The average molecular weight is 160 g/mol. The van der Waals surface area contributed by atoms with Crippen LogP contribution in [-0.4, -0.2) is 18.7 Å². The fourth-order valence-corrected chi connectivity index (χ4v) is 0.251. The van der Waals surface area contributed by atoms with E-state index in [2.05, 4.69) is 21.1 Å². The molecular formula is C6H8O5. The minimum atomic E-state index is -1.05. The van der Waals surface area contributed by atoms with Crippen LogP contribution in [-0.2, 0) is 19.3 Å². The Morgan fingerprint density at radius 1 is 1.45 bits per heavy atom. The van der Waals surface area contributed by atoms with Crippen molar-refractivity contribution in [1.29, 1.82) is 0 Å². The van der Waals surface area contributed by atoms with Gasteiger partial charge in [-0.15, -0.1) is 0 Å². The smallest absolute Gasteiger partial charge is 0.432 e. The van der Waals surface area contributed by atoms with Gasteiger partial charge in [0.2, 0.25) is 0 Å². The SMILES string of the molecule is C=CC(=O)OOC(=O)OCC. The third-order valence-corrected chi connectivity index (χ3v) is 0.621. The maximum atomic E-state index is 10.3. The molecule has 0 rings (SSSR count). The minimum Gasteiger partial charge on any atom is -0.432 e. The zero-order valence-electron chi connectivity index (χ0n) is 6.03. The van der Waals surface area contributed by atoms with E-state index in [0.29, 0.717) is 0 Å². The van der Waals surface area contributed by atoms with Gasteiger partial charge in [-0.2, -0.15) is 4.79 Å². The number of hydrogen-bond acceptors (Lipinski definition) is 5. The maximum absolute atomic E-state index is 10.3. The fraction of sp³-hybridized carbons (Fsp3) is 0.333. The molecule has 0 N–H and O–H groups in total. The number of carbonyl (C=O) groups excluding carboxylic acids is 2. The van der Waals surface area contributed by atoms with Crippen LogP contribution in [0.25, 0.3) is 0 Å². The molecule has 62 valence electrons. The van der Waals surface area contributed by atoms with Crippen molar-refractivity contribution in [2.45, 2.75) is 6.92 Å². The number of carbonyl (C=O) groups is 2. The van der Waals surface area contributed by atoms with Gasteiger partial charge in [-0.25, -0.2) is 14.6 Å². The lowest BCUT2D eigenvalue weighted by molar-refractivity contribution is -0.237. The molecule has 0 aliphatic heterocycles. The van der Waals surface area contributed by atoms with E-state index < -0.39 is 12.1 Å². The Morgan fingerprint density at radius 3 is 2.55 bits per heavy atom. The van der Waals surface area contributed by atoms with Gasteiger partial charge < -0.3 is 4.74 Å². The summed E-state index contributed by atoms with van der Waals surface area (Å²) in [6.45, 7) is 4.83. The second-order valence-electron chi connectivity index (χ2n) is 1.37. The highest BCUT2D eigenvalue weighted by Crippen LogP contribution is 1.87. The van der Waals surface area contributed by atoms with Crippen LogP contribution in [0.2, 0.25) is 0 Å². The molecule has 0 bridgehead atoms. The van der Waals surface area contributed by atoms with Crippen LogP contribution < -0.4 is 0 Å². The molecule has 0 aromatic carbocycles. The van der Waals surface area contributed by atoms with E-state index in [4.69, 9.17) is 0 Å². The molecule has 0 aliphatic carbocycles. The second kappa shape index (κ2) is 5.28. The Bertz CT molecular complexity index is 162. The van der Waals surface area contributed by atoms with Gasteiger partial charge in [0, 0.05) is 6.08 Å². The summed E-state index contributed by atoms with van der Waals surface area (Å²) >= 11 is 0. The predicted molar refractivity (Wildman–Crippen MR) is 34.4 cm³/mol. The summed E-state index contributed by atoms with van der Waals surface area (Å²) in [6, 6.07) is 0. The van der Waals surface area contributed by atoms with E-state index in [0.717, 1.165) is 6.08 Å². The molecule has 0 aromatic heterocycles. The molecule has 5 heteroatoms. The van der Waals surface area contributed by atoms with Crippen LogP contribution in [0, 0.1) is 0 Å². The van der Waals surface area contributed by atoms with Crippen molar-refractivity contribution in [1.82, 2.24) is 0 Å². The summed E-state index contributed by atoms with van der Waals surface area (Å²) < 4.78 is 4.26. The third kappa shape index (κ3) is 4.95. The van der Waals surface area contributed by atoms with Gasteiger partial charge in [0.15, 0.2) is 0 Å². The van der Waals surface area contributed by atoms with Crippen molar-refractivity contribution < 1.29 is 24.1 Å². The van der Waals surface area contributed by atoms with E-state index in [1.54, 1.807) is 6.92 Å². The topological polar surface area (TPSA) is 61.8 Å². The van der Waals surface area contributed by atoms with Gasteiger partial charge in [0.1, 0.15) is 0 Å². The standard InChI is InChI=1S/C6H8O5/c1-3-5(7)10-11-6(8)9-4-2/h3H,1,4H2,2H3. The molecule has 0 aliphatic rings. The van der Waals surface area contributed by atoms with Gasteiger partial charge in [-0.3, -0.25) is 0 Å². The molecule has 0 saturated heterocycles. The minimum absolute atomic E-state index is 0.157. The fourth-order valence-electron chi connectivity index (χ4n) is 0.251. The van der Waals surface area contributed by atoms with Crippen molar-refractivity contribution in [3.63, 3.8) is 0 Å². The molecule has 0 aromatic rings. The Morgan fingerprint density at radius 2 is 2.09 bits per heavy atom. The van der Waals surface area contributed by atoms with Crippen LogP contribution in [0.15, 0.2) is 12.7 Å². The molecular weight excluding hydrogens is 152 g/mol. The second-order valence-corrected chi connectivity index (χ2v) is 1.37. The first-order valence-corrected chi connectivity index (χ1v) is 2.88. The lowest BCUT2D eigenvalue weighted by Gasteiger charge is -1.99. The van der Waals surface area contributed by atoms with E-state index in [1.807, 2.05) is 0 Å². The molecule has 5 nitrogen and oxygen atoms in total. The lowest BCUT2D eigenvalue weighted by Crippen LogP contribution is -2.10. The summed E-state index contributed by atoms with van der Waals surface area (Å²) in [5.41, 5.74) is 0. The van der Waals surface area contributed by atoms with Crippen molar-refractivity contribution in [2.75, 3.05) is 6.61 Å². The number of rotatable bonds is 2. The Hall–Kier alpha value is -1.52. The van der Waals surface area contributed by atoms with Crippen molar-refractivity contribution in [3.8, 4) is 0 Å². The largest absolute Gasteiger partial charge is 0.549 e. The highest BCUT2D eigenvalue weighted by Gasteiger charge is 2.05. The van der Waals surface area contributed by atoms with Gasteiger partial charge in [-0.05, 0) is 6.92 Å². The molecule has 0 atom stereocenters. The zero-order valence-corrected chi connectivity index (χ0v) is 6.03. The molecule has 0 amide bonds. The normalized spacial score (nSPS) is 8.09. The monoisotopic (exact) mass is 160 g/mol. The average Bonchev–Trinajstić information content (AvgIpc) is 2.01. The summed E-state index contributed by atoms with van der Waals surface area (Å²) in [6.07, 6.45) is -0.193. The van der Waals surface area contributed by atoms with Crippen LogP contribution in [0.3, 0.4) is 0 Å². The summed E-state index contributed by atoms with van der Waals surface area (Å²) in [4.78, 5) is 28.3. The third-order valence-electron chi connectivity index (χ3n) is 0.621. The molecule has 0 heterocycles. The van der Waals surface area contributed by atoms with E-state index in [-0.39, 0.29) is 6.61 Å². The van der Waals surface area contributed by atoms with Crippen LogP contribution in [0.4, 0.5) is 4.79 Å². The Labute approximate surface area is 63.5 Å². The summed E-state index contributed by atoms with van der Waals surface area (Å²) in [5.74, 6) is -0.849. The zero-order chi connectivity index (χ0) is 8.69. The predicted octanol–water partition coefficient (Wildman–Crippen LogP) is 0.804. The molecule has 0 unspecified atom stereocenters. The molecule has 11 heavy (non-hydrogen) atoms. The van der Waals surface area contributed by atoms with Crippen molar-refractivity contribution in [2.24, 2.45) is 0 Å². The van der Waals surface area contributed by atoms with Gasteiger partial charge >= 0.3 is 12.1 Å². The Kier molecular flexibility index (Phi) is 4.55. The summed E-state index contributed by atoms with van der Waals surface area (Å²) in [7, 11) is 0. The van der Waals surface area contributed by atoms with E-state index >= 15 is 0 Å². The highest BCUT2D eigenvalue weighted by atomic mass is 17.2. The molecule has 0 radical (unpaired) electrons. The van der Waals surface area contributed by atoms with E-state index in [9.17, 15) is 9.59 Å². The summed E-state index contributed by atoms with van der Waals surface area (Å²) in [5, 5.41) is 0. The lowest BCUT2D eigenvalue weighted by atomic mass is 10.7.